The molecule has 4 rings (SSSR count). The van der Waals surface area contributed by atoms with Gasteiger partial charge < -0.3 is 19.4 Å². The molecule has 1 spiro atoms. The topological polar surface area (TPSA) is 70.2 Å². The molecular formula is C26H35N3O4. The van der Waals surface area contributed by atoms with E-state index >= 15 is 0 Å². The van der Waals surface area contributed by atoms with E-state index in [1.54, 1.807) is 42.1 Å². The Hall–Kier alpha value is -2.83. The van der Waals surface area contributed by atoms with E-state index in [0.717, 1.165) is 37.7 Å². The summed E-state index contributed by atoms with van der Waals surface area (Å²) >= 11 is 0. The number of carbonyl (C=O) groups excluding carboxylic acids is 3. The van der Waals surface area contributed by atoms with Gasteiger partial charge in [-0.2, -0.15) is 0 Å². The van der Waals surface area contributed by atoms with Gasteiger partial charge in [-0.3, -0.25) is 9.59 Å². The molecule has 1 aromatic rings. The molecule has 0 unspecified atom stereocenters. The molecule has 1 aromatic carbocycles. The molecule has 3 amide bonds. The van der Waals surface area contributed by atoms with Crippen LogP contribution in [0.2, 0.25) is 0 Å². The summed E-state index contributed by atoms with van der Waals surface area (Å²) in [6.07, 6.45) is 6.75. The van der Waals surface area contributed by atoms with Gasteiger partial charge in [0.15, 0.2) is 0 Å². The second kappa shape index (κ2) is 8.50. The molecule has 33 heavy (non-hydrogen) atoms. The highest BCUT2D eigenvalue weighted by Gasteiger charge is 2.44. The fourth-order valence-corrected chi connectivity index (χ4v) is 5.37. The van der Waals surface area contributed by atoms with Gasteiger partial charge >= 0.3 is 6.09 Å². The lowest BCUT2D eigenvalue weighted by Crippen LogP contribution is -2.48. The summed E-state index contributed by atoms with van der Waals surface area (Å²) in [5.41, 5.74) is 2.59. The van der Waals surface area contributed by atoms with E-state index < -0.39 is 5.60 Å². The Labute approximate surface area is 196 Å². The predicted molar refractivity (Wildman–Crippen MR) is 126 cm³/mol. The minimum atomic E-state index is -0.522. The van der Waals surface area contributed by atoms with Crippen molar-refractivity contribution in [1.82, 2.24) is 14.7 Å². The number of ether oxygens (including phenoxy) is 1. The summed E-state index contributed by atoms with van der Waals surface area (Å²) in [6.45, 7) is 7.28. The van der Waals surface area contributed by atoms with Crippen LogP contribution in [0.5, 0.6) is 0 Å². The minimum absolute atomic E-state index is 0.0615. The third kappa shape index (κ3) is 4.50. The van der Waals surface area contributed by atoms with E-state index in [-0.39, 0.29) is 23.3 Å². The molecule has 1 saturated heterocycles. The van der Waals surface area contributed by atoms with Crippen molar-refractivity contribution >= 4 is 17.9 Å². The van der Waals surface area contributed by atoms with Gasteiger partial charge in [-0.05, 0) is 63.3 Å². The fraction of sp³-hybridized carbons (Fsp3) is 0.577. The Morgan fingerprint density at radius 2 is 1.85 bits per heavy atom. The van der Waals surface area contributed by atoms with E-state index in [2.05, 4.69) is 0 Å². The van der Waals surface area contributed by atoms with E-state index in [0.29, 0.717) is 30.8 Å². The number of fused-ring (bicyclic) bond motifs is 1. The lowest BCUT2D eigenvalue weighted by atomic mass is 9.74. The number of rotatable bonds is 2. The number of piperidine rings is 1. The molecule has 0 N–H and O–H groups in total. The zero-order valence-corrected chi connectivity index (χ0v) is 20.4. The zero-order valence-electron chi connectivity index (χ0n) is 20.4. The number of hydrogen-bond acceptors (Lipinski definition) is 4. The van der Waals surface area contributed by atoms with Crippen LogP contribution in [0.1, 0.15) is 79.2 Å². The van der Waals surface area contributed by atoms with Crippen molar-refractivity contribution in [1.29, 1.82) is 0 Å². The number of amides is 3. The average molecular weight is 454 g/mol. The Kier molecular flexibility index (Phi) is 6.01. The first-order valence-electron chi connectivity index (χ1n) is 11.8. The smallest absolute Gasteiger partial charge is 0.410 e. The molecule has 0 atom stereocenters. The molecule has 0 aromatic heterocycles. The van der Waals surface area contributed by atoms with Crippen LogP contribution >= 0.6 is 0 Å². The first-order valence-corrected chi connectivity index (χ1v) is 11.8. The molecule has 7 heteroatoms. The van der Waals surface area contributed by atoms with Gasteiger partial charge in [0.25, 0.3) is 11.8 Å². The standard InChI is InChI=1S/C26H35N3O4/c1-25(2,3)33-24(32)28-14-11-18(26(17-28)12-6-7-13-26)15-29-16-21-19(22(30)27(4)5)9-8-10-20(21)23(29)31/h8-10,15H,6-7,11-14,16-17H2,1-5H3/b18-15-. The van der Waals surface area contributed by atoms with Crippen LogP contribution in [0.25, 0.3) is 0 Å². The van der Waals surface area contributed by atoms with Gasteiger partial charge in [-0.15, -0.1) is 0 Å². The van der Waals surface area contributed by atoms with Crippen molar-refractivity contribution < 1.29 is 19.1 Å². The van der Waals surface area contributed by atoms with Gasteiger partial charge in [-0.1, -0.05) is 18.9 Å². The van der Waals surface area contributed by atoms with Crippen molar-refractivity contribution in [3.05, 3.63) is 46.7 Å². The monoisotopic (exact) mass is 453 g/mol. The molecule has 3 aliphatic rings. The van der Waals surface area contributed by atoms with E-state index in [4.69, 9.17) is 4.74 Å². The molecule has 178 valence electrons. The van der Waals surface area contributed by atoms with E-state index in [1.165, 1.54) is 5.57 Å². The maximum atomic E-state index is 13.2. The van der Waals surface area contributed by atoms with Crippen LogP contribution in [0, 0.1) is 5.41 Å². The molecule has 0 radical (unpaired) electrons. The predicted octanol–water partition coefficient (Wildman–Crippen LogP) is 4.43. The molecule has 2 aliphatic heterocycles. The molecule has 7 nitrogen and oxygen atoms in total. The number of carbonyl (C=O) groups is 3. The zero-order chi connectivity index (χ0) is 24.0. The number of hydrogen-bond donors (Lipinski definition) is 0. The lowest BCUT2D eigenvalue weighted by Gasteiger charge is -2.43. The van der Waals surface area contributed by atoms with Gasteiger partial charge in [0.2, 0.25) is 0 Å². The number of likely N-dealkylation sites (tertiary alicyclic amines) is 1. The van der Waals surface area contributed by atoms with Gasteiger partial charge in [0.05, 0.1) is 6.54 Å². The molecule has 0 bridgehead atoms. The highest BCUT2D eigenvalue weighted by atomic mass is 16.6. The van der Waals surface area contributed by atoms with Crippen molar-refractivity contribution in [2.24, 2.45) is 5.41 Å². The quantitative estimate of drug-likeness (QED) is 0.664. The second-order valence-corrected chi connectivity index (χ2v) is 10.8. The molecular weight excluding hydrogens is 418 g/mol. The molecule has 1 aliphatic carbocycles. The van der Waals surface area contributed by atoms with E-state index in [9.17, 15) is 14.4 Å². The Morgan fingerprint density at radius 3 is 2.48 bits per heavy atom. The van der Waals surface area contributed by atoms with Gasteiger partial charge in [-0.25, -0.2) is 4.79 Å². The summed E-state index contributed by atoms with van der Waals surface area (Å²) < 4.78 is 5.63. The third-order valence-electron chi connectivity index (χ3n) is 6.98. The van der Waals surface area contributed by atoms with Crippen LogP contribution in [-0.4, -0.2) is 65.4 Å². The Morgan fingerprint density at radius 1 is 1.15 bits per heavy atom. The van der Waals surface area contributed by atoms with Crippen LogP contribution in [0.3, 0.4) is 0 Å². The Bertz CT molecular complexity index is 999. The first kappa shape index (κ1) is 23.3. The van der Waals surface area contributed by atoms with Crippen LogP contribution < -0.4 is 0 Å². The SMILES string of the molecule is CN(C)C(=O)c1cccc2c1CN(/C=C1/CCN(C(=O)OC(C)(C)C)CC13CCCC3)C2=O. The van der Waals surface area contributed by atoms with E-state index in [1.807, 2.05) is 31.9 Å². The van der Waals surface area contributed by atoms with Crippen molar-refractivity contribution in [2.45, 2.75) is 65.0 Å². The summed E-state index contributed by atoms with van der Waals surface area (Å²) in [4.78, 5) is 43.7. The third-order valence-corrected chi connectivity index (χ3v) is 6.98. The average Bonchev–Trinajstić information content (AvgIpc) is 3.33. The maximum absolute atomic E-state index is 13.2. The van der Waals surface area contributed by atoms with Gasteiger partial charge in [0, 0.05) is 49.9 Å². The Balaban J connectivity index is 1.59. The summed E-state index contributed by atoms with van der Waals surface area (Å²) in [6, 6.07) is 5.38. The van der Waals surface area contributed by atoms with Crippen molar-refractivity contribution in [3.8, 4) is 0 Å². The van der Waals surface area contributed by atoms with Crippen LogP contribution in [-0.2, 0) is 11.3 Å². The number of nitrogens with zero attached hydrogens (tertiary/aromatic N) is 3. The van der Waals surface area contributed by atoms with Crippen LogP contribution in [0.4, 0.5) is 4.79 Å². The first-order chi connectivity index (χ1) is 15.5. The van der Waals surface area contributed by atoms with Crippen LogP contribution in [0.15, 0.2) is 30.0 Å². The highest BCUT2D eigenvalue weighted by Crippen LogP contribution is 2.49. The summed E-state index contributed by atoms with van der Waals surface area (Å²) in [7, 11) is 3.45. The maximum Gasteiger partial charge on any atom is 0.410 e. The fourth-order valence-electron chi connectivity index (χ4n) is 5.37. The summed E-state index contributed by atoms with van der Waals surface area (Å²) in [5.74, 6) is -0.152. The summed E-state index contributed by atoms with van der Waals surface area (Å²) in [5, 5.41) is 0. The molecule has 2 heterocycles. The molecule has 2 fully saturated rings. The second-order valence-electron chi connectivity index (χ2n) is 10.8. The molecule has 1 saturated carbocycles. The minimum Gasteiger partial charge on any atom is -0.444 e. The largest absolute Gasteiger partial charge is 0.444 e. The highest BCUT2D eigenvalue weighted by molar-refractivity contribution is 6.04. The normalized spacial score (nSPS) is 21.0. The van der Waals surface area contributed by atoms with Crippen molar-refractivity contribution in [3.63, 3.8) is 0 Å². The van der Waals surface area contributed by atoms with Gasteiger partial charge in [0.1, 0.15) is 5.60 Å². The lowest BCUT2D eigenvalue weighted by molar-refractivity contribution is 0.0131. The number of benzene rings is 1. The van der Waals surface area contributed by atoms with Crippen molar-refractivity contribution in [2.75, 3.05) is 27.2 Å².